The number of H-pyrrole nitrogens is 1. The summed E-state index contributed by atoms with van der Waals surface area (Å²) in [4.78, 5) is 16.4. The molecule has 44 heavy (non-hydrogen) atoms. The van der Waals surface area contributed by atoms with Gasteiger partial charge in [-0.3, -0.25) is 9.53 Å². The van der Waals surface area contributed by atoms with Gasteiger partial charge in [0, 0.05) is 11.1 Å². The number of hydrogen-bond acceptors (Lipinski definition) is 8. The number of aromatic amines is 1. The smallest absolute Gasteiger partial charge is 0.484 e. The first-order chi connectivity index (χ1) is 20.5. The fraction of sp³-hybridized carbons (Fsp3) is 0.185. The Balaban J connectivity index is 0.000000407. The van der Waals surface area contributed by atoms with Crippen LogP contribution in [0.15, 0.2) is 48.5 Å². The van der Waals surface area contributed by atoms with Gasteiger partial charge in [0.2, 0.25) is 5.69 Å². The van der Waals surface area contributed by atoms with Crippen molar-refractivity contribution in [2.24, 2.45) is 5.73 Å². The number of thiocarbonyl (C=S) groups is 1. The summed E-state index contributed by atoms with van der Waals surface area (Å²) in [5.41, 5.74) is 12.2. The summed E-state index contributed by atoms with van der Waals surface area (Å²) in [5.74, 6) is 0.0226. The molecule has 0 saturated heterocycles. The molecule has 0 aliphatic rings. The molecular weight excluding hydrogens is 634 g/mol. The summed E-state index contributed by atoms with van der Waals surface area (Å²) in [6.07, 6.45) is -8.25. The Bertz CT molecular complexity index is 1620. The topological polar surface area (TPSA) is 155 Å². The Kier molecular flexibility index (Phi) is 14.5. The number of nitrogens with two attached hydrogens (primary N) is 2. The van der Waals surface area contributed by atoms with E-state index in [1.807, 2.05) is 6.07 Å². The van der Waals surface area contributed by atoms with Crippen LogP contribution in [-0.2, 0) is 11.3 Å². The highest BCUT2D eigenvalue weighted by molar-refractivity contribution is 7.80. The Morgan fingerprint density at radius 2 is 1.66 bits per heavy atom. The van der Waals surface area contributed by atoms with Crippen LogP contribution in [0.3, 0.4) is 0 Å². The number of pyridine rings is 1. The Labute approximate surface area is 257 Å². The minimum Gasteiger partial charge on any atom is -0.484 e. The maximum atomic E-state index is 12.1. The van der Waals surface area contributed by atoms with Gasteiger partial charge in [-0.1, -0.05) is 60.8 Å². The first-order valence-electron chi connectivity index (χ1n) is 11.6. The van der Waals surface area contributed by atoms with Crippen molar-refractivity contribution >= 4 is 47.2 Å². The number of nitrogen functional groups attached to an aromatic ring is 1. The average molecular weight is 655 g/mol. The van der Waals surface area contributed by atoms with Crippen LogP contribution in [0.4, 0.5) is 37.8 Å². The van der Waals surface area contributed by atoms with Crippen LogP contribution in [0.25, 0.3) is 16.0 Å². The SMILES string of the molecule is N#CCC(N)=S.O=Cc1ccc(COC(F)(F)F)cc1.[C-]#[N+]c1c(N)[nH]c(=S)c(C#N)c1-c1ccc(OCC(F)(F)F)cc1. The van der Waals surface area contributed by atoms with Gasteiger partial charge in [0.25, 0.3) is 0 Å². The third-order valence-electron chi connectivity index (χ3n) is 4.76. The van der Waals surface area contributed by atoms with E-state index in [2.05, 4.69) is 31.5 Å². The van der Waals surface area contributed by atoms with E-state index in [0.717, 1.165) is 0 Å². The Morgan fingerprint density at radius 1 is 1.07 bits per heavy atom. The Hall–Kier alpha value is -5.02. The quantitative estimate of drug-likeness (QED) is 0.105. The summed E-state index contributed by atoms with van der Waals surface area (Å²) in [5, 5.41) is 17.1. The van der Waals surface area contributed by atoms with Gasteiger partial charge in [-0.15, -0.1) is 13.2 Å². The summed E-state index contributed by atoms with van der Waals surface area (Å²) in [6, 6.07) is 14.9. The van der Waals surface area contributed by atoms with Crippen LogP contribution in [-0.4, -0.2) is 35.4 Å². The van der Waals surface area contributed by atoms with E-state index < -0.39 is 25.8 Å². The van der Waals surface area contributed by atoms with E-state index in [4.69, 9.17) is 35.5 Å². The summed E-state index contributed by atoms with van der Waals surface area (Å²) in [7, 11) is 0. The lowest BCUT2D eigenvalue weighted by molar-refractivity contribution is -0.330. The fourth-order valence-corrected chi connectivity index (χ4v) is 3.26. The molecule has 9 nitrogen and oxygen atoms in total. The number of halogens is 6. The molecule has 0 amide bonds. The number of nitrogens with zero attached hydrogens (tertiary/aromatic N) is 3. The van der Waals surface area contributed by atoms with Gasteiger partial charge in [-0.2, -0.15) is 23.7 Å². The molecule has 0 aliphatic carbocycles. The van der Waals surface area contributed by atoms with Crippen LogP contribution < -0.4 is 16.2 Å². The number of carbonyl (C=O) groups excluding carboxylic acids is 1. The molecule has 230 valence electrons. The monoisotopic (exact) mass is 654 g/mol. The lowest BCUT2D eigenvalue weighted by Gasteiger charge is -2.12. The van der Waals surface area contributed by atoms with E-state index >= 15 is 0 Å². The van der Waals surface area contributed by atoms with E-state index in [9.17, 15) is 36.4 Å². The van der Waals surface area contributed by atoms with Gasteiger partial charge in [0.05, 0.1) is 36.2 Å². The van der Waals surface area contributed by atoms with Crippen LogP contribution in [0.1, 0.15) is 27.9 Å². The van der Waals surface area contributed by atoms with Gasteiger partial charge < -0.3 is 21.2 Å². The minimum absolute atomic E-state index is 0.00741. The normalized spacial score (nSPS) is 10.3. The number of ether oxygens (including phenoxy) is 2. The zero-order chi connectivity index (χ0) is 33.5. The molecule has 3 rings (SSSR count). The molecule has 0 spiro atoms. The second-order valence-corrected chi connectivity index (χ2v) is 8.95. The van der Waals surface area contributed by atoms with Crippen LogP contribution >= 0.6 is 24.4 Å². The van der Waals surface area contributed by atoms with Crippen molar-refractivity contribution in [3.05, 3.63) is 81.3 Å². The van der Waals surface area contributed by atoms with Crippen molar-refractivity contribution in [3.8, 4) is 29.0 Å². The van der Waals surface area contributed by atoms with Crippen molar-refractivity contribution in [1.82, 2.24) is 4.98 Å². The molecule has 0 bridgehead atoms. The second-order valence-electron chi connectivity index (χ2n) is 8.01. The van der Waals surface area contributed by atoms with Gasteiger partial charge in [-0.05, 0) is 23.3 Å². The number of carbonyl (C=O) groups is 1. The van der Waals surface area contributed by atoms with E-state index in [-0.39, 0.29) is 44.4 Å². The number of rotatable bonds is 7. The number of alkyl halides is 6. The van der Waals surface area contributed by atoms with Gasteiger partial charge in [0.15, 0.2) is 6.61 Å². The van der Waals surface area contributed by atoms with Gasteiger partial charge in [0.1, 0.15) is 28.6 Å². The van der Waals surface area contributed by atoms with Crippen molar-refractivity contribution < 1.29 is 40.6 Å². The molecule has 17 heteroatoms. The molecule has 0 unspecified atom stereocenters. The van der Waals surface area contributed by atoms with Gasteiger partial charge in [-0.25, -0.2) is 4.85 Å². The fourth-order valence-electron chi connectivity index (χ4n) is 2.93. The summed E-state index contributed by atoms with van der Waals surface area (Å²) < 4.78 is 79.6. The molecular formula is C27H20F6N6O3S2. The first kappa shape index (κ1) is 37.0. The number of aromatic nitrogens is 1. The number of benzene rings is 2. The zero-order valence-electron chi connectivity index (χ0n) is 22.1. The second kappa shape index (κ2) is 17.2. The van der Waals surface area contributed by atoms with Crippen LogP contribution in [0, 0.1) is 33.9 Å². The third-order valence-corrected chi connectivity index (χ3v) is 5.21. The number of hydrogen-bond donors (Lipinski definition) is 3. The number of nitrogens with one attached hydrogen (secondary N) is 1. The molecule has 0 atom stereocenters. The molecule has 0 fully saturated rings. The van der Waals surface area contributed by atoms with Gasteiger partial charge >= 0.3 is 12.5 Å². The largest absolute Gasteiger partial charge is 0.522 e. The molecule has 0 radical (unpaired) electrons. The Morgan fingerprint density at radius 3 is 2.07 bits per heavy atom. The van der Waals surface area contributed by atoms with Crippen molar-refractivity contribution in [2.45, 2.75) is 25.6 Å². The molecule has 5 N–H and O–H groups in total. The van der Waals surface area contributed by atoms with Crippen LogP contribution in [0.5, 0.6) is 5.75 Å². The minimum atomic E-state index is -4.62. The molecule has 2 aromatic carbocycles. The van der Waals surface area contributed by atoms with E-state index in [1.54, 1.807) is 6.07 Å². The first-order valence-corrected chi connectivity index (χ1v) is 12.4. The van der Waals surface area contributed by atoms with Crippen molar-refractivity contribution in [1.29, 1.82) is 10.5 Å². The molecule has 1 heterocycles. The molecule has 1 aromatic heterocycles. The molecule has 0 saturated carbocycles. The van der Waals surface area contributed by atoms with E-state index in [1.165, 1.54) is 48.5 Å². The number of nitriles is 2. The van der Waals surface area contributed by atoms with Crippen molar-refractivity contribution in [3.63, 3.8) is 0 Å². The third kappa shape index (κ3) is 13.3. The predicted octanol–water partition coefficient (Wildman–Crippen LogP) is 7.08. The zero-order valence-corrected chi connectivity index (χ0v) is 23.8. The highest BCUT2D eigenvalue weighted by Crippen LogP contribution is 2.38. The van der Waals surface area contributed by atoms with Crippen LogP contribution in [0.2, 0.25) is 0 Å². The van der Waals surface area contributed by atoms with E-state index in [0.29, 0.717) is 23.0 Å². The average Bonchev–Trinajstić information content (AvgIpc) is 2.95. The summed E-state index contributed by atoms with van der Waals surface area (Å²) in [6.45, 7) is 5.28. The summed E-state index contributed by atoms with van der Waals surface area (Å²) >= 11 is 9.38. The number of aldehydes is 1. The molecule has 0 aliphatic heterocycles. The predicted molar refractivity (Wildman–Crippen MR) is 154 cm³/mol. The maximum absolute atomic E-state index is 12.1. The highest BCUT2D eigenvalue weighted by atomic mass is 32.1. The highest BCUT2D eigenvalue weighted by Gasteiger charge is 2.29. The lowest BCUT2D eigenvalue weighted by Crippen LogP contribution is -2.19. The molecule has 3 aromatic rings. The lowest BCUT2D eigenvalue weighted by atomic mass is 10.00. The standard InChI is InChI=1S/C15H9F3N4OS.C9H7F3O2.C3H4N2S/c1-21-12-11(10(6-19)14(24)22-13(12)20)8-2-4-9(5-3-8)23-7-15(16,17)18;10-9(11,12)14-6-8-3-1-7(5-13)2-4-8;4-2-1-3(5)6/h2-5H,7H2,(H3,20,22,24);1-5H,6H2;1H2,(H2,5,6). The van der Waals surface area contributed by atoms with Crippen molar-refractivity contribution in [2.75, 3.05) is 12.3 Å². The number of anilines is 1. The maximum Gasteiger partial charge on any atom is 0.522 e.